The van der Waals surface area contributed by atoms with Gasteiger partial charge in [0, 0.05) is 16.6 Å². The van der Waals surface area contributed by atoms with Crippen LogP contribution in [0, 0.1) is 0 Å². The number of fused-ring (bicyclic) bond motifs is 1. The standard InChI is InChI=1S/C24H19N3O4/c1-30-19-12-13-21-17(14-19)15-20(23(29)25-18-10-6-3-7-11-18)24(31-21)27-26-22(28)16-8-4-2-5-9-16/h2-15H,1H3,(H,25,29)(H,26,28)/b27-24-. The van der Waals surface area contributed by atoms with E-state index in [0.29, 0.717) is 28.0 Å². The molecule has 0 bridgehead atoms. The van der Waals surface area contributed by atoms with Crippen LogP contribution in [0.3, 0.4) is 0 Å². The van der Waals surface area contributed by atoms with E-state index < -0.39 is 11.8 Å². The topological polar surface area (TPSA) is 92.9 Å². The Balaban J connectivity index is 1.75. The van der Waals surface area contributed by atoms with Gasteiger partial charge >= 0.3 is 0 Å². The SMILES string of the molecule is COc1ccc2o/c(=N\NC(=O)c3ccccc3)c(C(=O)Nc3ccccc3)cc2c1. The first-order chi connectivity index (χ1) is 15.1. The summed E-state index contributed by atoms with van der Waals surface area (Å²) in [5.41, 5.74) is 4.15. The summed E-state index contributed by atoms with van der Waals surface area (Å²) in [5.74, 6) is -0.216. The summed E-state index contributed by atoms with van der Waals surface area (Å²) in [6.07, 6.45) is 0. The third kappa shape index (κ3) is 4.62. The molecule has 0 aliphatic heterocycles. The molecule has 154 valence electrons. The summed E-state index contributed by atoms with van der Waals surface area (Å²) in [7, 11) is 1.56. The van der Waals surface area contributed by atoms with Crippen LogP contribution in [0.5, 0.6) is 5.75 Å². The van der Waals surface area contributed by atoms with Gasteiger partial charge in [-0.3, -0.25) is 9.59 Å². The molecule has 0 unspecified atom stereocenters. The minimum absolute atomic E-state index is 0.0182. The van der Waals surface area contributed by atoms with Crippen LogP contribution in [0.25, 0.3) is 11.0 Å². The van der Waals surface area contributed by atoms with Gasteiger partial charge in [-0.15, -0.1) is 5.10 Å². The number of nitrogens with one attached hydrogen (secondary N) is 2. The van der Waals surface area contributed by atoms with E-state index in [4.69, 9.17) is 9.15 Å². The fourth-order valence-electron chi connectivity index (χ4n) is 2.96. The molecule has 1 aromatic heterocycles. The maximum absolute atomic E-state index is 13.0. The molecule has 2 N–H and O–H groups in total. The molecule has 7 heteroatoms. The minimum Gasteiger partial charge on any atom is -0.497 e. The number of rotatable bonds is 5. The lowest BCUT2D eigenvalue weighted by Crippen LogP contribution is -2.26. The van der Waals surface area contributed by atoms with Gasteiger partial charge in [-0.05, 0) is 48.5 Å². The lowest BCUT2D eigenvalue weighted by Gasteiger charge is -2.08. The summed E-state index contributed by atoms with van der Waals surface area (Å²) in [6.45, 7) is 0. The van der Waals surface area contributed by atoms with Crippen LogP contribution in [0.15, 0.2) is 94.4 Å². The number of carbonyl (C=O) groups is 2. The Kier molecular flexibility index (Phi) is 5.75. The molecule has 7 nitrogen and oxygen atoms in total. The van der Waals surface area contributed by atoms with E-state index in [0.717, 1.165) is 0 Å². The van der Waals surface area contributed by atoms with Crippen molar-refractivity contribution in [2.45, 2.75) is 0 Å². The summed E-state index contributed by atoms with van der Waals surface area (Å²) in [6, 6.07) is 24.5. The zero-order chi connectivity index (χ0) is 21.6. The predicted octanol–water partition coefficient (Wildman–Crippen LogP) is 3.94. The number of amides is 2. The normalized spacial score (nSPS) is 11.2. The Morgan fingerprint density at radius 1 is 0.871 bits per heavy atom. The summed E-state index contributed by atoms with van der Waals surface area (Å²) in [5, 5.41) is 7.55. The van der Waals surface area contributed by atoms with Gasteiger partial charge in [-0.1, -0.05) is 36.4 Å². The van der Waals surface area contributed by atoms with Gasteiger partial charge in [-0.2, -0.15) is 0 Å². The molecule has 0 spiro atoms. The van der Waals surface area contributed by atoms with Crippen molar-refractivity contribution in [2.75, 3.05) is 12.4 Å². The number of carbonyl (C=O) groups excluding carboxylic acids is 2. The monoisotopic (exact) mass is 413 g/mol. The molecule has 0 aliphatic rings. The largest absolute Gasteiger partial charge is 0.497 e. The molecule has 4 aromatic rings. The molecule has 0 atom stereocenters. The first-order valence-corrected chi connectivity index (χ1v) is 9.51. The van der Waals surface area contributed by atoms with Crippen LogP contribution in [-0.2, 0) is 0 Å². The predicted molar refractivity (Wildman–Crippen MR) is 117 cm³/mol. The maximum Gasteiger partial charge on any atom is 0.271 e. The second kappa shape index (κ2) is 8.96. The molecule has 3 aromatic carbocycles. The van der Waals surface area contributed by atoms with Crippen molar-refractivity contribution < 1.29 is 18.7 Å². The molecular weight excluding hydrogens is 394 g/mol. The highest BCUT2D eigenvalue weighted by Gasteiger charge is 2.14. The van der Waals surface area contributed by atoms with Crippen LogP contribution < -0.4 is 21.0 Å². The Hall–Kier alpha value is -4.39. The molecule has 0 saturated carbocycles. The fourth-order valence-corrected chi connectivity index (χ4v) is 2.96. The Labute approximate surface area is 178 Å². The fraction of sp³-hybridized carbons (Fsp3) is 0.0417. The highest BCUT2D eigenvalue weighted by atomic mass is 16.5. The molecular formula is C24H19N3O4. The van der Waals surface area contributed by atoms with Crippen LogP contribution in [-0.4, -0.2) is 18.9 Å². The first kappa shape index (κ1) is 19.9. The molecule has 0 fully saturated rings. The Bertz CT molecular complexity index is 1300. The summed E-state index contributed by atoms with van der Waals surface area (Å²) >= 11 is 0. The number of anilines is 1. The first-order valence-electron chi connectivity index (χ1n) is 9.51. The lowest BCUT2D eigenvalue weighted by atomic mass is 10.1. The molecule has 0 aliphatic carbocycles. The van der Waals surface area contributed by atoms with Crippen molar-refractivity contribution in [1.29, 1.82) is 0 Å². The van der Waals surface area contributed by atoms with Crippen molar-refractivity contribution in [1.82, 2.24) is 5.43 Å². The number of hydrogen-bond acceptors (Lipinski definition) is 5. The average Bonchev–Trinajstić information content (AvgIpc) is 2.82. The van der Waals surface area contributed by atoms with Crippen LogP contribution in [0.4, 0.5) is 5.69 Å². The third-order valence-electron chi connectivity index (χ3n) is 4.53. The van der Waals surface area contributed by atoms with E-state index in [-0.39, 0.29) is 11.1 Å². The van der Waals surface area contributed by atoms with Gasteiger partial charge in [0.1, 0.15) is 16.9 Å². The molecule has 0 saturated heterocycles. The van der Waals surface area contributed by atoms with E-state index in [1.807, 2.05) is 24.3 Å². The molecule has 4 rings (SSSR count). The zero-order valence-electron chi connectivity index (χ0n) is 16.7. The van der Waals surface area contributed by atoms with Crippen molar-refractivity contribution >= 4 is 28.5 Å². The van der Waals surface area contributed by atoms with E-state index >= 15 is 0 Å². The van der Waals surface area contributed by atoms with E-state index in [2.05, 4.69) is 15.8 Å². The van der Waals surface area contributed by atoms with Crippen LogP contribution in [0.1, 0.15) is 20.7 Å². The second-order valence-electron chi connectivity index (χ2n) is 6.61. The highest BCUT2D eigenvalue weighted by molar-refractivity contribution is 6.05. The van der Waals surface area contributed by atoms with Crippen LogP contribution >= 0.6 is 0 Å². The smallest absolute Gasteiger partial charge is 0.271 e. The number of benzene rings is 3. The van der Waals surface area contributed by atoms with E-state index in [1.165, 1.54) is 0 Å². The molecule has 2 amide bonds. The second-order valence-corrected chi connectivity index (χ2v) is 6.61. The lowest BCUT2D eigenvalue weighted by molar-refractivity contribution is 0.0948. The van der Waals surface area contributed by atoms with Gasteiger partial charge in [0.15, 0.2) is 0 Å². The molecule has 1 heterocycles. The van der Waals surface area contributed by atoms with Crippen LogP contribution in [0.2, 0.25) is 0 Å². The number of methoxy groups -OCH3 is 1. The van der Waals surface area contributed by atoms with E-state index in [9.17, 15) is 9.59 Å². The third-order valence-corrected chi connectivity index (χ3v) is 4.53. The van der Waals surface area contributed by atoms with Crippen molar-refractivity contribution in [3.63, 3.8) is 0 Å². The number of ether oxygens (including phenoxy) is 1. The minimum atomic E-state index is -0.424. The summed E-state index contributed by atoms with van der Waals surface area (Å²) in [4.78, 5) is 25.3. The van der Waals surface area contributed by atoms with Crippen molar-refractivity contribution in [3.8, 4) is 5.75 Å². The zero-order valence-corrected chi connectivity index (χ0v) is 16.7. The average molecular weight is 413 g/mol. The Morgan fingerprint density at radius 3 is 2.29 bits per heavy atom. The number of para-hydroxylation sites is 1. The highest BCUT2D eigenvalue weighted by Crippen LogP contribution is 2.20. The van der Waals surface area contributed by atoms with Gasteiger partial charge in [0.25, 0.3) is 11.8 Å². The summed E-state index contributed by atoms with van der Waals surface area (Å²) < 4.78 is 11.1. The number of hydrogen-bond donors (Lipinski definition) is 2. The van der Waals surface area contributed by atoms with Gasteiger partial charge in [0.05, 0.1) is 7.11 Å². The van der Waals surface area contributed by atoms with Gasteiger partial charge in [-0.25, -0.2) is 5.43 Å². The maximum atomic E-state index is 13.0. The molecule has 31 heavy (non-hydrogen) atoms. The number of nitrogens with zero attached hydrogens (tertiary/aromatic N) is 1. The van der Waals surface area contributed by atoms with Gasteiger partial charge < -0.3 is 14.5 Å². The quantitative estimate of drug-likeness (QED) is 0.485. The van der Waals surface area contributed by atoms with Crippen molar-refractivity contribution in [2.24, 2.45) is 5.10 Å². The van der Waals surface area contributed by atoms with E-state index in [1.54, 1.807) is 67.8 Å². The Morgan fingerprint density at radius 2 is 1.58 bits per heavy atom. The van der Waals surface area contributed by atoms with Crippen molar-refractivity contribution in [3.05, 3.63) is 102 Å². The molecule has 0 radical (unpaired) electrons. The van der Waals surface area contributed by atoms with Gasteiger partial charge in [0.2, 0.25) is 5.55 Å².